The Morgan fingerprint density at radius 2 is 1.67 bits per heavy atom. The SMILES string of the molecule is O=C(O)[C@@H]1[C@H](C(F)(F)F)CCCN1C(=O)c1c(F)cc(F)cc1F. The van der Waals surface area contributed by atoms with Crippen molar-refractivity contribution in [1.29, 1.82) is 0 Å². The van der Waals surface area contributed by atoms with Gasteiger partial charge in [-0.2, -0.15) is 13.2 Å². The average Bonchev–Trinajstić information content (AvgIpc) is 2.44. The van der Waals surface area contributed by atoms with Crippen LogP contribution in [-0.2, 0) is 4.79 Å². The number of carbonyl (C=O) groups excluding carboxylic acids is 1. The highest BCUT2D eigenvalue weighted by atomic mass is 19.4. The van der Waals surface area contributed by atoms with Gasteiger partial charge in [0, 0.05) is 18.7 Å². The lowest BCUT2D eigenvalue weighted by atomic mass is 9.88. The molecule has 0 saturated carbocycles. The summed E-state index contributed by atoms with van der Waals surface area (Å²) in [5, 5.41) is 9.08. The summed E-state index contributed by atoms with van der Waals surface area (Å²) in [6.45, 7) is -0.418. The highest BCUT2D eigenvalue weighted by molar-refractivity contribution is 5.97. The van der Waals surface area contributed by atoms with E-state index >= 15 is 0 Å². The monoisotopic (exact) mass is 355 g/mol. The molecular weight excluding hydrogens is 344 g/mol. The van der Waals surface area contributed by atoms with Crippen LogP contribution in [-0.4, -0.2) is 40.6 Å². The molecule has 0 radical (unpaired) electrons. The van der Waals surface area contributed by atoms with Crippen molar-refractivity contribution in [3.05, 3.63) is 35.1 Å². The van der Waals surface area contributed by atoms with Crippen molar-refractivity contribution in [2.24, 2.45) is 5.92 Å². The van der Waals surface area contributed by atoms with Crippen molar-refractivity contribution >= 4 is 11.9 Å². The number of alkyl halides is 3. The van der Waals surface area contributed by atoms with Gasteiger partial charge in [0.1, 0.15) is 29.1 Å². The van der Waals surface area contributed by atoms with E-state index < -0.39 is 66.0 Å². The normalized spacial score (nSPS) is 21.7. The molecule has 0 bridgehead atoms. The molecule has 1 aliphatic heterocycles. The summed E-state index contributed by atoms with van der Waals surface area (Å²) in [6, 6.07) is -1.93. The molecule has 2 atom stereocenters. The fourth-order valence-corrected chi connectivity index (χ4v) is 2.76. The number of hydrogen-bond acceptors (Lipinski definition) is 2. The minimum Gasteiger partial charge on any atom is -0.480 e. The first-order valence-electron chi connectivity index (χ1n) is 6.79. The lowest BCUT2D eigenvalue weighted by molar-refractivity contribution is -0.204. The molecule has 1 aromatic rings. The number of carboxylic acid groups (broad SMARTS) is 1. The van der Waals surface area contributed by atoms with Crippen molar-refractivity contribution in [2.45, 2.75) is 25.1 Å². The second-order valence-electron chi connectivity index (χ2n) is 5.32. The molecule has 24 heavy (non-hydrogen) atoms. The predicted molar refractivity (Wildman–Crippen MR) is 67.6 cm³/mol. The molecule has 4 nitrogen and oxygen atoms in total. The number of piperidine rings is 1. The van der Waals surface area contributed by atoms with E-state index in [1.165, 1.54) is 0 Å². The van der Waals surface area contributed by atoms with Crippen LogP contribution in [0.25, 0.3) is 0 Å². The lowest BCUT2D eigenvalue weighted by Crippen LogP contribution is -2.56. The van der Waals surface area contributed by atoms with Crippen LogP contribution in [0.15, 0.2) is 12.1 Å². The Morgan fingerprint density at radius 3 is 2.12 bits per heavy atom. The second kappa shape index (κ2) is 6.33. The van der Waals surface area contributed by atoms with Crippen molar-refractivity contribution in [1.82, 2.24) is 4.90 Å². The smallest absolute Gasteiger partial charge is 0.394 e. The average molecular weight is 355 g/mol. The van der Waals surface area contributed by atoms with Gasteiger partial charge >= 0.3 is 12.1 Å². The van der Waals surface area contributed by atoms with Gasteiger partial charge in [0.2, 0.25) is 0 Å². The van der Waals surface area contributed by atoms with Gasteiger partial charge in [0.15, 0.2) is 0 Å². The topological polar surface area (TPSA) is 57.6 Å². The van der Waals surface area contributed by atoms with Gasteiger partial charge in [-0.15, -0.1) is 0 Å². The summed E-state index contributed by atoms with van der Waals surface area (Å²) in [6.07, 6.45) is -5.62. The molecule has 0 spiro atoms. The van der Waals surface area contributed by atoms with Crippen LogP contribution in [0.3, 0.4) is 0 Å². The maximum Gasteiger partial charge on any atom is 0.394 e. The first-order valence-corrected chi connectivity index (χ1v) is 6.79. The number of rotatable bonds is 2. The fourth-order valence-electron chi connectivity index (χ4n) is 2.76. The quantitative estimate of drug-likeness (QED) is 0.830. The second-order valence-corrected chi connectivity index (χ2v) is 5.32. The van der Waals surface area contributed by atoms with Crippen LogP contribution in [0.5, 0.6) is 0 Å². The Bertz CT molecular complexity index is 652. The molecule has 0 unspecified atom stereocenters. The van der Waals surface area contributed by atoms with E-state index in [0.29, 0.717) is 0 Å². The molecule has 1 saturated heterocycles. The van der Waals surface area contributed by atoms with Crippen LogP contribution in [0, 0.1) is 23.4 Å². The molecule has 0 aromatic heterocycles. The van der Waals surface area contributed by atoms with E-state index in [1.54, 1.807) is 0 Å². The summed E-state index contributed by atoms with van der Waals surface area (Å²) >= 11 is 0. The maximum absolute atomic E-state index is 13.7. The van der Waals surface area contributed by atoms with Crippen molar-refractivity contribution < 1.29 is 41.0 Å². The van der Waals surface area contributed by atoms with E-state index in [1.807, 2.05) is 0 Å². The Kier molecular flexibility index (Phi) is 4.77. The lowest BCUT2D eigenvalue weighted by Gasteiger charge is -2.39. The number of carbonyl (C=O) groups is 2. The number of halogens is 6. The van der Waals surface area contributed by atoms with Crippen LogP contribution in [0.1, 0.15) is 23.2 Å². The number of carboxylic acids is 1. The highest BCUT2D eigenvalue weighted by Crippen LogP contribution is 2.38. The molecule has 1 heterocycles. The Balaban J connectivity index is 2.46. The molecule has 1 fully saturated rings. The first kappa shape index (κ1) is 18.1. The van der Waals surface area contributed by atoms with Crippen LogP contribution in [0.2, 0.25) is 0 Å². The summed E-state index contributed by atoms with van der Waals surface area (Å²) in [7, 11) is 0. The third-order valence-corrected chi connectivity index (χ3v) is 3.79. The van der Waals surface area contributed by atoms with Gasteiger partial charge in [0.25, 0.3) is 5.91 Å². The van der Waals surface area contributed by atoms with Gasteiger partial charge < -0.3 is 10.0 Å². The summed E-state index contributed by atoms with van der Waals surface area (Å²) in [4.78, 5) is 23.7. The van der Waals surface area contributed by atoms with Gasteiger partial charge in [-0.1, -0.05) is 0 Å². The van der Waals surface area contributed by atoms with Crippen molar-refractivity contribution in [3.63, 3.8) is 0 Å². The number of benzene rings is 1. The molecule has 132 valence electrons. The van der Waals surface area contributed by atoms with Crippen LogP contribution < -0.4 is 0 Å². The molecule has 1 aliphatic rings. The van der Waals surface area contributed by atoms with Gasteiger partial charge in [-0.05, 0) is 12.8 Å². The molecule has 1 N–H and O–H groups in total. The molecule has 10 heteroatoms. The zero-order valence-electron chi connectivity index (χ0n) is 11.9. The van der Waals surface area contributed by atoms with Crippen molar-refractivity contribution in [2.75, 3.05) is 6.54 Å². The number of aliphatic carboxylic acids is 1. The minimum atomic E-state index is -4.90. The third kappa shape index (κ3) is 3.31. The van der Waals surface area contributed by atoms with Gasteiger partial charge in [-0.3, -0.25) is 4.79 Å². The highest BCUT2D eigenvalue weighted by Gasteiger charge is 2.53. The number of hydrogen-bond donors (Lipinski definition) is 1. The zero-order chi connectivity index (χ0) is 18.2. The Morgan fingerprint density at radius 1 is 1.12 bits per heavy atom. The van der Waals surface area contributed by atoms with Gasteiger partial charge in [-0.25, -0.2) is 18.0 Å². The molecule has 2 rings (SSSR count). The predicted octanol–water partition coefficient (Wildman–Crippen LogP) is 2.97. The Labute approximate surface area is 131 Å². The van der Waals surface area contributed by atoms with E-state index in [9.17, 15) is 35.9 Å². The molecular formula is C14H11F6NO3. The van der Waals surface area contributed by atoms with E-state index in [0.717, 1.165) is 0 Å². The van der Waals surface area contributed by atoms with E-state index in [2.05, 4.69) is 0 Å². The van der Waals surface area contributed by atoms with Gasteiger partial charge in [0.05, 0.1) is 5.92 Å². The maximum atomic E-state index is 13.7. The number of amides is 1. The molecule has 1 aromatic carbocycles. The third-order valence-electron chi connectivity index (χ3n) is 3.79. The zero-order valence-corrected chi connectivity index (χ0v) is 11.9. The van der Waals surface area contributed by atoms with E-state index in [-0.39, 0.29) is 23.5 Å². The number of nitrogens with zero attached hydrogens (tertiary/aromatic N) is 1. The van der Waals surface area contributed by atoms with Crippen LogP contribution in [0.4, 0.5) is 26.3 Å². The minimum absolute atomic E-state index is 0.190. The summed E-state index contributed by atoms with van der Waals surface area (Å²) in [5.74, 6) is -10.4. The number of likely N-dealkylation sites (tertiary alicyclic amines) is 1. The van der Waals surface area contributed by atoms with Crippen LogP contribution >= 0.6 is 0 Å². The van der Waals surface area contributed by atoms with Crippen molar-refractivity contribution in [3.8, 4) is 0 Å². The summed E-state index contributed by atoms with van der Waals surface area (Å²) in [5.41, 5.74) is -1.29. The Hall–Kier alpha value is -2.26. The standard InChI is InChI=1S/C14H11F6NO3/c15-6-4-8(16)10(9(17)5-6)12(22)21-3-1-2-7(14(18,19)20)11(21)13(23)24/h4-5,7,11H,1-3H2,(H,23,24)/t7-,11+/m1/s1. The molecule has 0 aliphatic carbocycles. The fraction of sp³-hybridized carbons (Fsp3) is 0.429. The van der Waals surface area contributed by atoms with E-state index in [4.69, 9.17) is 5.11 Å². The molecule has 1 amide bonds. The summed E-state index contributed by atoms with van der Waals surface area (Å²) < 4.78 is 79.3. The largest absolute Gasteiger partial charge is 0.480 e. The first-order chi connectivity index (χ1) is 11.0.